The zero-order chi connectivity index (χ0) is 12.1. The molecule has 2 rings (SSSR count). The number of aryl methyl sites for hydroxylation is 1. The van der Waals surface area contributed by atoms with E-state index in [1.54, 1.807) is 23.0 Å². The van der Waals surface area contributed by atoms with Crippen LogP contribution in [0.3, 0.4) is 0 Å². The highest BCUT2D eigenvalue weighted by molar-refractivity contribution is 6.30. The standard InChI is InChI=1S/C10H8ClFN2.C2H6/c1-7-6-14(13-10(7)11)9-4-2-8(12)3-5-9;1-2/h2-6H,1H3;1-2H3. The van der Waals surface area contributed by atoms with Crippen molar-refractivity contribution in [2.45, 2.75) is 20.8 Å². The van der Waals surface area contributed by atoms with Crippen molar-refractivity contribution in [3.63, 3.8) is 0 Å². The quantitative estimate of drug-likeness (QED) is 0.737. The second-order valence-corrected chi connectivity index (χ2v) is 3.38. The van der Waals surface area contributed by atoms with Gasteiger partial charge < -0.3 is 0 Å². The molecule has 2 nitrogen and oxygen atoms in total. The minimum atomic E-state index is -0.260. The third kappa shape index (κ3) is 2.83. The van der Waals surface area contributed by atoms with E-state index in [2.05, 4.69) is 5.10 Å². The van der Waals surface area contributed by atoms with Crippen molar-refractivity contribution in [1.82, 2.24) is 9.78 Å². The SMILES string of the molecule is CC.Cc1cn(-c2ccc(F)cc2)nc1Cl. The van der Waals surface area contributed by atoms with Crippen molar-refractivity contribution >= 4 is 11.6 Å². The molecule has 4 heteroatoms. The van der Waals surface area contributed by atoms with Crippen LogP contribution in [0.15, 0.2) is 30.5 Å². The molecule has 0 aliphatic carbocycles. The topological polar surface area (TPSA) is 17.8 Å². The first-order valence-corrected chi connectivity index (χ1v) is 5.52. The van der Waals surface area contributed by atoms with E-state index in [4.69, 9.17) is 11.6 Å². The average molecular weight is 241 g/mol. The second-order valence-electron chi connectivity index (χ2n) is 3.02. The summed E-state index contributed by atoms with van der Waals surface area (Å²) in [5.41, 5.74) is 1.69. The Hall–Kier alpha value is -1.35. The van der Waals surface area contributed by atoms with Gasteiger partial charge in [-0.1, -0.05) is 25.4 Å². The zero-order valence-corrected chi connectivity index (χ0v) is 10.3. The Labute approximate surface area is 99.7 Å². The summed E-state index contributed by atoms with van der Waals surface area (Å²) in [4.78, 5) is 0. The highest BCUT2D eigenvalue weighted by atomic mass is 35.5. The lowest BCUT2D eigenvalue weighted by molar-refractivity contribution is 0.627. The van der Waals surface area contributed by atoms with Gasteiger partial charge in [0, 0.05) is 11.8 Å². The van der Waals surface area contributed by atoms with Crippen LogP contribution in [0.2, 0.25) is 5.15 Å². The molecule has 0 spiro atoms. The fourth-order valence-corrected chi connectivity index (χ4v) is 1.30. The molecule has 0 saturated carbocycles. The van der Waals surface area contributed by atoms with Crippen LogP contribution in [-0.2, 0) is 0 Å². The number of hydrogen-bond donors (Lipinski definition) is 0. The monoisotopic (exact) mass is 240 g/mol. The van der Waals surface area contributed by atoms with Gasteiger partial charge in [-0.3, -0.25) is 0 Å². The van der Waals surface area contributed by atoms with Crippen LogP contribution >= 0.6 is 11.6 Å². The van der Waals surface area contributed by atoms with E-state index in [1.807, 2.05) is 20.8 Å². The van der Waals surface area contributed by atoms with Gasteiger partial charge in [0.25, 0.3) is 0 Å². The second kappa shape index (κ2) is 5.66. The van der Waals surface area contributed by atoms with E-state index < -0.39 is 0 Å². The van der Waals surface area contributed by atoms with Gasteiger partial charge in [-0.25, -0.2) is 9.07 Å². The molecule has 0 saturated heterocycles. The number of aromatic nitrogens is 2. The Balaban J connectivity index is 0.000000606. The lowest BCUT2D eigenvalue weighted by atomic mass is 10.3. The summed E-state index contributed by atoms with van der Waals surface area (Å²) in [6.07, 6.45) is 1.80. The fourth-order valence-electron chi connectivity index (χ4n) is 1.17. The van der Waals surface area contributed by atoms with Crippen LogP contribution in [-0.4, -0.2) is 9.78 Å². The van der Waals surface area contributed by atoms with E-state index in [9.17, 15) is 4.39 Å². The van der Waals surface area contributed by atoms with Crippen LogP contribution < -0.4 is 0 Å². The number of halogens is 2. The number of benzene rings is 1. The molecule has 2 aromatic rings. The largest absolute Gasteiger partial charge is 0.239 e. The summed E-state index contributed by atoms with van der Waals surface area (Å²) in [6, 6.07) is 6.08. The van der Waals surface area contributed by atoms with Crippen LogP contribution in [0, 0.1) is 12.7 Å². The maximum absolute atomic E-state index is 12.6. The van der Waals surface area contributed by atoms with Crippen molar-refractivity contribution < 1.29 is 4.39 Å². The summed E-state index contributed by atoms with van der Waals surface area (Å²) in [7, 11) is 0. The lowest BCUT2D eigenvalue weighted by Gasteiger charge is -1.99. The van der Waals surface area contributed by atoms with Crippen molar-refractivity contribution in [3.05, 3.63) is 47.0 Å². The summed E-state index contributed by atoms with van der Waals surface area (Å²) in [5.74, 6) is -0.260. The van der Waals surface area contributed by atoms with Crippen LogP contribution in [0.4, 0.5) is 4.39 Å². The molecule has 0 N–H and O–H groups in total. The molecule has 1 aromatic carbocycles. The third-order valence-corrected chi connectivity index (χ3v) is 2.30. The molecule has 0 amide bonds. The summed E-state index contributed by atoms with van der Waals surface area (Å²) in [6.45, 7) is 5.87. The number of hydrogen-bond acceptors (Lipinski definition) is 1. The van der Waals surface area contributed by atoms with E-state index in [0.29, 0.717) is 5.15 Å². The maximum Gasteiger partial charge on any atom is 0.154 e. The third-order valence-electron chi connectivity index (χ3n) is 1.93. The van der Waals surface area contributed by atoms with Crippen LogP contribution in [0.25, 0.3) is 5.69 Å². The predicted octanol–water partition coefficient (Wildman–Crippen LogP) is 4.00. The first kappa shape index (κ1) is 12.7. The molecule has 0 fully saturated rings. The van der Waals surface area contributed by atoms with Gasteiger partial charge in [0.05, 0.1) is 5.69 Å². The molecular weight excluding hydrogens is 227 g/mol. The minimum Gasteiger partial charge on any atom is -0.239 e. The normalized spacial score (nSPS) is 9.56. The van der Waals surface area contributed by atoms with Gasteiger partial charge in [-0.15, -0.1) is 0 Å². The predicted molar refractivity (Wildman–Crippen MR) is 64.6 cm³/mol. The van der Waals surface area contributed by atoms with Crippen molar-refractivity contribution in [1.29, 1.82) is 0 Å². The first-order chi connectivity index (χ1) is 7.66. The molecule has 0 unspecified atom stereocenters. The van der Waals surface area contributed by atoms with Gasteiger partial charge in [0.1, 0.15) is 5.82 Å². The average Bonchev–Trinajstić information content (AvgIpc) is 2.63. The molecule has 1 aromatic heterocycles. The molecule has 1 heterocycles. The first-order valence-electron chi connectivity index (χ1n) is 5.14. The Kier molecular flexibility index (Phi) is 4.50. The fraction of sp³-hybridized carbons (Fsp3) is 0.250. The molecule has 0 aliphatic rings. The van der Waals surface area contributed by atoms with Crippen molar-refractivity contribution in [2.24, 2.45) is 0 Å². The molecule has 86 valence electrons. The van der Waals surface area contributed by atoms with Crippen molar-refractivity contribution in [2.75, 3.05) is 0 Å². The van der Waals surface area contributed by atoms with Crippen LogP contribution in [0.1, 0.15) is 19.4 Å². The van der Waals surface area contributed by atoms with Crippen LogP contribution in [0.5, 0.6) is 0 Å². The van der Waals surface area contributed by atoms with E-state index >= 15 is 0 Å². The number of nitrogens with zero attached hydrogens (tertiary/aromatic N) is 2. The van der Waals surface area contributed by atoms with E-state index in [0.717, 1.165) is 11.3 Å². The molecule has 0 atom stereocenters. The van der Waals surface area contributed by atoms with Gasteiger partial charge in [0.2, 0.25) is 0 Å². The smallest absolute Gasteiger partial charge is 0.154 e. The van der Waals surface area contributed by atoms with E-state index in [1.165, 1.54) is 12.1 Å². The molecule has 0 bridgehead atoms. The van der Waals surface area contributed by atoms with Gasteiger partial charge in [-0.2, -0.15) is 5.10 Å². The lowest BCUT2D eigenvalue weighted by Crippen LogP contribution is -1.93. The molecule has 0 radical (unpaired) electrons. The highest BCUT2D eigenvalue weighted by Gasteiger charge is 2.03. The Morgan fingerprint density at radius 3 is 2.19 bits per heavy atom. The summed E-state index contributed by atoms with van der Waals surface area (Å²) in [5, 5.41) is 4.54. The maximum atomic E-state index is 12.6. The number of rotatable bonds is 1. The Bertz CT molecular complexity index is 429. The molecule has 16 heavy (non-hydrogen) atoms. The summed E-state index contributed by atoms with van der Waals surface area (Å²) < 4.78 is 14.3. The Morgan fingerprint density at radius 2 is 1.75 bits per heavy atom. The van der Waals surface area contributed by atoms with Gasteiger partial charge in [0.15, 0.2) is 5.15 Å². The Morgan fingerprint density at radius 1 is 1.19 bits per heavy atom. The van der Waals surface area contributed by atoms with Crippen molar-refractivity contribution in [3.8, 4) is 5.69 Å². The summed E-state index contributed by atoms with van der Waals surface area (Å²) >= 11 is 5.80. The minimum absolute atomic E-state index is 0.260. The van der Waals surface area contributed by atoms with Gasteiger partial charge >= 0.3 is 0 Å². The highest BCUT2D eigenvalue weighted by Crippen LogP contribution is 2.15. The van der Waals surface area contributed by atoms with Gasteiger partial charge in [-0.05, 0) is 31.2 Å². The molecular formula is C12H14ClFN2. The molecule has 0 aliphatic heterocycles. The zero-order valence-electron chi connectivity index (χ0n) is 9.54. The van der Waals surface area contributed by atoms with E-state index in [-0.39, 0.29) is 5.82 Å².